The molecule has 7 heteroatoms. The van der Waals surface area contributed by atoms with Crippen molar-refractivity contribution in [3.8, 4) is 0 Å². The van der Waals surface area contributed by atoms with Crippen LogP contribution in [-0.2, 0) is 23.4 Å². The zero-order valence-electron chi connectivity index (χ0n) is 15.0. The summed E-state index contributed by atoms with van der Waals surface area (Å²) >= 11 is 0. The van der Waals surface area contributed by atoms with Crippen LogP contribution >= 0.6 is 0 Å². The molecule has 132 valence electrons. The number of nitrogens with zero attached hydrogens (tertiary/aromatic N) is 5. The molecule has 1 fully saturated rings. The minimum atomic E-state index is 0.00428. The van der Waals surface area contributed by atoms with Crippen molar-refractivity contribution < 1.29 is 4.74 Å². The molecular formula is C17H28N6O. The molecule has 2 aromatic rings. The number of aromatic nitrogens is 4. The Labute approximate surface area is 143 Å². The van der Waals surface area contributed by atoms with Crippen molar-refractivity contribution in [2.45, 2.75) is 58.0 Å². The SMILES string of the molecule is CO[C@@H]1C[C@@H](Cn2ccc(N)n2)N(Cc2cnn(C(C)(C)C)c2)C1. The Hall–Kier alpha value is -1.86. The Morgan fingerprint density at radius 2 is 2.17 bits per heavy atom. The van der Waals surface area contributed by atoms with Gasteiger partial charge in [-0.2, -0.15) is 10.2 Å². The van der Waals surface area contributed by atoms with Crippen LogP contribution in [-0.4, -0.2) is 50.3 Å². The monoisotopic (exact) mass is 332 g/mol. The molecule has 0 radical (unpaired) electrons. The van der Waals surface area contributed by atoms with Crippen LogP contribution < -0.4 is 5.73 Å². The fourth-order valence-electron chi connectivity index (χ4n) is 3.23. The fourth-order valence-corrected chi connectivity index (χ4v) is 3.23. The Bertz CT molecular complexity index is 671. The number of hydrogen-bond donors (Lipinski definition) is 1. The number of likely N-dealkylation sites (tertiary alicyclic amines) is 1. The average Bonchev–Trinajstić information content (AvgIpc) is 3.21. The molecule has 1 aliphatic rings. The van der Waals surface area contributed by atoms with Gasteiger partial charge in [-0.15, -0.1) is 0 Å². The fraction of sp³-hybridized carbons (Fsp3) is 0.647. The maximum atomic E-state index is 5.73. The molecule has 0 spiro atoms. The molecule has 0 amide bonds. The Morgan fingerprint density at radius 3 is 2.75 bits per heavy atom. The molecular weight excluding hydrogens is 304 g/mol. The Kier molecular flexibility index (Phi) is 4.64. The summed E-state index contributed by atoms with van der Waals surface area (Å²) in [6.45, 7) is 9.10. The normalized spacial score (nSPS) is 22.3. The topological polar surface area (TPSA) is 74.1 Å². The number of nitrogen functional groups attached to an aromatic ring is 1. The van der Waals surface area contributed by atoms with Crippen molar-refractivity contribution in [1.29, 1.82) is 0 Å². The van der Waals surface area contributed by atoms with Gasteiger partial charge in [-0.3, -0.25) is 14.3 Å². The summed E-state index contributed by atoms with van der Waals surface area (Å²) in [6.07, 6.45) is 7.31. The highest BCUT2D eigenvalue weighted by atomic mass is 16.5. The molecule has 1 aliphatic heterocycles. The highest BCUT2D eigenvalue weighted by Crippen LogP contribution is 2.24. The lowest BCUT2D eigenvalue weighted by Crippen LogP contribution is -2.33. The first kappa shape index (κ1) is 17.0. The van der Waals surface area contributed by atoms with Crippen molar-refractivity contribution in [1.82, 2.24) is 24.5 Å². The first-order valence-corrected chi connectivity index (χ1v) is 8.45. The van der Waals surface area contributed by atoms with Gasteiger partial charge in [-0.05, 0) is 33.3 Å². The van der Waals surface area contributed by atoms with E-state index in [2.05, 4.69) is 42.1 Å². The van der Waals surface area contributed by atoms with Gasteiger partial charge in [0.25, 0.3) is 0 Å². The van der Waals surface area contributed by atoms with Crippen LogP contribution in [0.25, 0.3) is 0 Å². The molecule has 2 N–H and O–H groups in total. The first-order valence-electron chi connectivity index (χ1n) is 8.45. The number of ether oxygens (including phenoxy) is 1. The summed E-state index contributed by atoms with van der Waals surface area (Å²) < 4.78 is 9.54. The van der Waals surface area contributed by atoms with Crippen LogP contribution in [0, 0.1) is 0 Å². The van der Waals surface area contributed by atoms with E-state index in [1.54, 1.807) is 7.11 Å². The number of methoxy groups -OCH3 is 1. The standard InChI is InChI=1S/C17H28N6O/c1-17(2,3)23-10-13(8-19-23)9-21-12-15(24-4)7-14(21)11-22-6-5-16(18)20-22/h5-6,8,10,14-15H,7,9,11-12H2,1-4H3,(H2,18,20)/t14-,15+/m0/s1. The second-order valence-electron chi connectivity index (χ2n) is 7.60. The summed E-state index contributed by atoms with van der Waals surface area (Å²) in [6, 6.07) is 2.22. The van der Waals surface area contributed by atoms with E-state index in [1.807, 2.05) is 27.8 Å². The minimum absolute atomic E-state index is 0.00428. The third-order valence-corrected chi connectivity index (χ3v) is 4.59. The van der Waals surface area contributed by atoms with Gasteiger partial charge in [0.15, 0.2) is 0 Å². The third-order valence-electron chi connectivity index (χ3n) is 4.59. The molecule has 0 aliphatic carbocycles. The number of rotatable bonds is 5. The van der Waals surface area contributed by atoms with Crippen LogP contribution in [0.4, 0.5) is 5.82 Å². The largest absolute Gasteiger partial charge is 0.382 e. The quantitative estimate of drug-likeness (QED) is 0.902. The molecule has 0 bridgehead atoms. The third kappa shape index (κ3) is 3.79. The maximum Gasteiger partial charge on any atom is 0.145 e. The van der Waals surface area contributed by atoms with E-state index in [4.69, 9.17) is 10.5 Å². The van der Waals surface area contributed by atoms with Gasteiger partial charge < -0.3 is 10.5 Å². The molecule has 3 rings (SSSR count). The summed E-state index contributed by atoms with van der Waals surface area (Å²) in [5.41, 5.74) is 6.96. The Morgan fingerprint density at radius 1 is 1.38 bits per heavy atom. The minimum Gasteiger partial charge on any atom is -0.382 e. The van der Waals surface area contributed by atoms with Gasteiger partial charge in [-0.1, -0.05) is 0 Å². The van der Waals surface area contributed by atoms with Crippen molar-refractivity contribution in [3.63, 3.8) is 0 Å². The lowest BCUT2D eigenvalue weighted by molar-refractivity contribution is 0.107. The van der Waals surface area contributed by atoms with E-state index in [0.717, 1.165) is 26.1 Å². The van der Waals surface area contributed by atoms with Gasteiger partial charge >= 0.3 is 0 Å². The van der Waals surface area contributed by atoms with Crippen molar-refractivity contribution in [2.75, 3.05) is 19.4 Å². The number of anilines is 1. The number of nitrogens with two attached hydrogens (primary N) is 1. The van der Waals surface area contributed by atoms with Crippen LogP contribution in [0.15, 0.2) is 24.7 Å². The second kappa shape index (κ2) is 6.57. The summed E-state index contributed by atoms with van der Waals surface area (Å²) in [5.74, 6) is 0.564. The second-order valence-corrected chi connectivity index (χ2v) is 7.60. The smallest absolute Gasteiger partial charge is 0.145 e. The van der Waals surface area contributed by atoms with E-state index in [-0.39, 0.29) is 11.6 Å². The Balaban J connectivity index is 1.70. The molecule has 1 saturated heterocycles. The van der Waals surface area contributed by atoms with Crippen LogP contribution in [0.3, 0.4) is 0 Å². The average molecular weight is 332 g/mol. The molecule has 0 saturated carbocycles. The summed E-state index contributed by atoms with van der Waals surface area (Å²) in [4.78, 5) is 2.45. The van der Waals surface area contributed by atoms with E-state index in [0.29, 0.717) is 11.9 Å². The van der Waals surface area contributed by atoms with Crippen LogP contribution in [0.1, 0.15) is 32.8 Å². The predicted octanol–water partition coefficient (Wildman–Crippen LogP) is 1.71. The van der Waals surface area contributed by atoms with Crippen LogP contribution in [0.2, 0.25) is 0 Å². The van der Waals surface area contributed by atoms with Gasteiger partial charge in [0.1, 0.15) is 5.82 Å². The first-order chi connectivity index (χ1) is 11.3. The molecule has 0 unspecified atom stereocenters. The van der Waals surface area contributed by atoms with Crippen molar-refractivity contribution >= 4 is 5.82 Å². The van der Waals surface area contributed by atoms with E-state index < -0.39 is 0 Å². The van der Waals surface area contributed by atoms with E-state index >= 15 is 0 Å². The van der Waals surface area contributed by atoms with E-state index in [1.165, 1.54) is 5.56 Å². The highest BCUT2D eigenvalue weighted by molar-refractivity contribution is 5.23. The van der Waals surface area contributed by atoms with Crippen molar-refractivity contribution in [3.05, 3.63) is 30.2 Å². The van der Waals surface area contributed by atoms with Crippen molar-refractivity contribution in [2.24, 2.45) is 0 Å². The maximum absolute atomic E-state index is 5.73. The molecule has 2 atom stereocenters. The van der Waals surface area contributed by atoms with E-state index in [9.17, 15) is 0 Å². The van der Waals surface area contributed by atoms with Gasteiger partial charge in [0, 0.05) is 44.2 Å². The van der Waals surface area contributed by atoms with Gasteiger partial charge in [0.2, 0.25) is 0 Å². The summed E-state index contributed by atoms with van der Waals surface area (Å²) in [5, 5.41) is 8.82. The lowest BCUT2D eigenvalue weighted by Gasteiger charge is -2.23. The zero-order chi connectivity index (χ0) is 17.3. The van der Waals surface area contributed by atoms with Crippen LogP contribution in [0.5, 0.6) is 0 Å². The highest BCUT2D eigenvalue weighted by Gasteiger charge is 2.32. The number of hydrogen-bond acceptors (Lipinski definition) is 5. The molecule has 3 heterocycles. The molecule has 7 nitrogen and oxygen atoms in total. The summed E-state index contributed by atoms with van der Waals surface area (Å²) in [7, 11) is 1.79. The van der Waals surface area contributed by atoms with Gasteiger partial charge in [0.05, 0.1) is 24.4 Å². The van der Waals surface area contributed by atoms with Gasteiger partial charge in [-0.25, -0.2) is 0 Å². The molecule has 0 aromatic carbocycles. The molecule has 24 heavy (non-hydrogen) atoms. The lowest BCUT2D eigenvalue weighted by atomic mass is 10.1. The zero-order valence-corrected chi connectivity index (χ0v) is 15.0. The molecule has 2 aromatic heterocycles. The predicted molar refractivity (Wildman–Crippen MR) is 93.5 cm³/mol.